The van der Waals surface area contributed by atoms with Crippen LogP contribution in [0.15, 0.2) is 68.5 Å². The molecule has 0 bridgehead atoms. The van der Waals surface area contributed by atoms with Crippen LogP contribution in [-0.4, -0.2) is 15.5 Å². The highest BCUT2D eigenvalue weighted by molar-refractivity contribution is 6.03. The number of aryl methyl sites for hydroxylation is 1. The summed E-state index contributed by atoms with van der Waals surface area (Å²) in [5.74, 6) is 0.842. The van der Waals surface area contributed by atoms with Crippen molar-refractivity contribution in [3.8, 4) is 5.75 Å². The van der Waals surface area contributed by atoms with Gasteiger partial charge >= 0.3 is 0 Å². The van der Waals surface area contributed by atoms with E-state index >= 15 is 0 Å². The maximum Gasteiger partial charge on any atom is 0.291 e. The molecule has 4 aromatic rings. The zero-order valence-corrected chi connectivity index (χ0v) is 14.3. The van der Waals surface area contributed by atoms with E-state index in [-0.39, 0.29) is 23.8 Å². The largest absolute Gasteiger partial charge is 0.485 e. The van der Waals surface area contributed by atoms with Gasteiger partial charge in [0.2, 0.25) is 0 Å². The molecule has 1 N–H and O–H groups in total. The number of carbonyl (C=O) groups excluding carboxylic acids is 1. The molecule has 0 aliphatic heterocycles. The minimum absolute atomic E-state index is 0.0591. The molecule has 0 fully saturated rings. The lowest BCUT2D eigenvalue weighted by molar-refractivity contribution is 0.0996. The predicted octanol–water partition coefficient (Wildman–Crippen LogP) is 3.02. The highest BCUT2D eigenvalue weighted by Gasteiger charge is 2.13. The van der Waals surface area contributed by atoms with Gasteiger partial charge in [-0.05, 0) is 31.2 Å². The predicted molar refractivity (Wildman–Crippen MR) is 95.9 cm³/mol. The zero-order chi connectivity index (χ0) is 18.8. The Balaban J connectivity index is 1.53. The normalized spacial score (nSPS) is 10.9. The molecule has 8 heteroatoms. The first-order valence-corrected chi connectivity index (χ1v) is 8.16. The van der Waals surface area contributed by atoms with Crippen LogP contribution in [0.5, 0.6) is 5.75 Å². The molecule has 3 aromatic heterocycles. The monoisotopic (exact) mass is 365 g/mol. The van der Waals surface area contributed by atoms with Crippen molar-refractivity contribution in [2.75, 3.05) is 5.32 Å². The Bertz CT molecular complexity index is 1160. The summed E-state index contributed by atoms with van der Waals surface area (Å²) in [7, 11) is 0. The zero-order valence-electron chi connectivity index (χ0n) is 14.3. The van der Waals surface area contributed by atoms with Crippen molar-refractivity contribution in [2.45, 2.75) is 13.5 Å². The molecule has 0 saturated carbocycles. The average molecular weight is 365 g/mol. The fraction of sp³-hybridized carbons (Fsp3) is 0.105. The lowest BCUT2D eigenvalue weighted by Crippen LogP contribution is -2.15. The first kappa shape index (κ1) is 16.6. The van der Waals surface area contributed by atoms with Crippen molar-refractivity contribution in [3.05, 3.63) is 82.4 Å². The molecule has 1 aromatic carbocycles. The molecule has 0 aliphatic carbocycles. The van der Waals surface area contributed by atoms with Gasteiger partial charge < -0.3 is 19.0 Å². The van der Waals surface area contributed by atoms with Gasteiger partial charge in [0.1, 0.15) is 18.1 Å². The first-order valence-electron chi connectivity index (χ1n) is 8.16. The SMILES string of the molecule is Cc1cc2nc(COc3ccccc3NC(=O)c3ccco3)cc(=O)n2o1. The van der Waals surface area contributed by atoms with Crippen LogP contribution in [0.1, 0.15) is 22.0 Å². The van der Waals surface area contributed by atoms with Gasteiger partial charge in [-0.1, -0.05) is 12.1 Å². The Labute approximate surface area is 153 Å². The molecule has 3 heterocycles. The van der Waals surface area contributed by atoms with E-state index in [1.807, 2.05) is 0 Å². The van der Waals surface area contributed by atoms with E-state index in [1.54, 1.807) is 49.4 Å². The number of nitrogens with zero attached hydrogens (tertiary/aromatic N) is 2. The summed E-state index contributed by atoms with van der Waals surface area (Å²) in [5, 5.41) is 2.73. The van der Waals surface area contributed by atoms with Gasteiger partial charge in [-0.15, -0.1) is 4.57 Å². The van der Waals surface area contributed by atoms with Crippen LogP contribution in [0.25, 0.3) is 5.65 Å². The van der Waals surface area contributed by atoms with E-state index < -0.39 is 0 Å². The molecule has 136 valence electrons. The number of amides is 1. The maximum absolute atomic E-state index is 12.2. The molecule has 0 saturated heterocycles. The summed E-state index contributed by atoms with van der Waals surface area (Å²) in [4.78, 5) is 28.6. The lowest BCUT2D eigenvalue weighted by atomic mass is 10.3. The summed E-state index contributed by atoms with van der Waals surface area (Å²) in [5.41, 5.74) is 1.02. The second-order valence-corrected chi connectivity index (χ2v) is 5.80. The second-order valence-electron chi connectivity index (χ2n) is 5.80. The highest BCUT2D eigenvalue weighted by atomic mass is 16.5. The number of rotatable bonds is 5. The molecule has 0 atom stereocenters. The van der Waals surface area contributed by atoms with Gasteiger partial charge in [0.15, 0.2) is 11.4 Å². The van der Waals surface area contributed by atoms with Crippen molar-refractivity contribution in [2.24, 2.45) is 0 Å². The molecule has 4 rings (SSSR count). The van der Waals surface area contributed by atoms with Crippen LogP contribution < -0.4 is 15.6 Å². The van der Waals surface area contributed by atoms with Gasteiger partial charge in [-0.3, -0.25) is 9.59 Å². The Kier molecular flexibility index (Phi) is 4.21. The van der Waals surface area contributed by atoms with Crippen molar-refractivity contribution in [1.82, 2.24) is 9.56 Å². The van der Waals surface area contributed by atoms with Crippen molar-refractivity contribution < 1.29 is 18.5 Å². The van der Waals surface area contributed by atoms with E-state index in [9.17, 15) is 9.59 Å². The number of para-hydroxylation sites is 2. The van der Waals surface area contributed by atoms with E-state index in [1.165, 1.54) is 12.3 Å². The number of nitrogens with one attached hydrogen (secondary N) is 1. The third-order valence-electron chi connectivity index (χ3n) is 3.78. The number of fused-ring (bicyclic) bond motifs is 1. The van der Waals surface area contributed by atoms with Crippen LogP contribution in [0, 0.1) is 6.92 Å². The quantitative estimate of drug-likeness (QED) is 0.584. The van der Waals surface area contributed by atoms with Gasteiger partial charge in [-0.25, -0.2) is 4.98 Å². The van der Waals surface area contributed by atoms with Crippen molar-refractivity contribution >= 4 is 17.2 Å². The number of carbonyl (C=O) groups is 1. The number of hydrogen-bond donors (Lipinski definition) is 1. The van der Waals surface area contributed by atoms with Crippen LogP contribution in [0.3, 0.4) is 0 Å². The standard InChI is InChI=1S/C19H15N3O5/c1-12-9-17-20-13(10-18(23)22(17)27-12)11-26-15-6-3-2-5-14(15)21-19(24)16-7-4-8-25-16/h2-10H,11H2,1H3,(H,21,24). The van der Waals surface area contributed by atoms with Gasteiger partial charge in [0, 0.05) is 12.1 Å². The number of anilines is 1. The van der Waals surface area contributed by atoms with Crippen molar-refractivity contribution in [1.29, 1.82) is 0 Å². The molecule has 8 nitrogen and oxygen atoms in total. The minimum atomic E-state index is -0.386. The molecular weight excluding hydrogens is 350 g/mol. The van der Waals surface area contributed by atoms with E-state index in [0.717, 1.165) is 4.57 Å². The minimum Gasteiger partial charge on any atom is -0.485 e. The molecule has 27 heavy (non-hydrogen) atoms. The van der Waals surface area contributed by atoms with Crippen LogP contribution in [-0.2, 0) is 6.61 Å². The van der Waals surface area contributed by atoms with Crippen LogP contribution in [0.4, 0.5) is 5.69 Å². The average Bonchev–Trinajstić information content (AvgIpc) is 3.30. The topological polar surface area (TPSA) is 99.0 Å². The molecular formula is C19H15N3O5. The third-order valence-corrected chi connectivity index (χ3v) is 3.78. The van der Waals surface area contributed by atoms with Crippen LogP contribution in [0.2, 0.25) is 0 Å². The molecule has 0 radical (unpaired) electrons. The molecule has 0 unspecified atom stereocenters. The van der Waals surface area contributed by atoms with Crippen LogP contribution >= 0.6 is 0 Å². The number of furan rings is 1. The van der Waals surface area contributed by atoms with Gasteiger partial charge in [0.05, 0.1) is 17.6 Å². The summed E-state index contributed by atoms with van der Waals surface area (Å²) in [6.45, 7) is 1.80. The summed E-state index contributed by atoms with van der Waals surface area (Å²) >= 11 is 0. The van der Waals surface area contributed by atoms with E-state index in [4.69, 9.17) is 13.7 Å². The number of ether oxygens (including phenoxy) is 1. The van der Waals surface area contributed by atoms with E-state index in [2.05, 4.69) is 10.3 Å². The number of aromatic nitrogens is 2. The summed E-state index contributed by atoms with van der Waals surface area (Å²) in [6, 6.07) is 13.2. The number of hydrogen-bond acceptors (Lipinski definition) is 6. The third kappa shape index (κ3) is 3.45. The Hall–Kier alpha value is -3.81. The van der Waals surface area contributed by atoms with Gasteiger partial charge in [0.25, 0.3) is 11.5 Å². The Morgan fingerprint density at radius 2 is 2.07 bits per heavy atom. The summed E-state index contributed by atoms with van der Waals surface area (Å²) in [6.07, 6.45) is 1.43. The molecule has 0 aliphatic rings. The van der Waals surface area contributed by atoms with Gasteiger partial charge in [-0.2, -0.15) is 0 Å². The second kappa shape index (κ2) is 6.83. The van der Waals surface area contributed by atoms with E-state index in [0.29, 0.717) is 28.5 Å². The fourth-order valence-corrected chi connectivity index (χ4v) is 2.59. The van der Waals surface area contributed by atoms with Crippen molar-refractivity contribution in [3.63, 3.8) is 0 Å². The number of benzene rings is 1. The molecule has 1 amide bonds. The molecule has 0 spiro atoms. The summed E-state index contributed by atoms with van der Waals surface area (Å²) < 4.78 is 17.2. The lowest BCUT2D eigenvalue weighted by Gasteiger charge is -2.11. The first-order chi connectivity index (χ1) is 13.1. The maximum atomic E-state index is 12.2. The highest BCUT2D eigenvalue weighted by Crippen LogP contribution is 2.25. The smallest absolute Gasteiger partial charge is 0.291 e. The fourth-order valence-electron chi connectivity index (χ4n) is 2.59. The Morgan fingerprint density at radius 3 is 2.89 bits per heavy atom. The Morgan fingerprint density at radius 1 is 1.22 bits per heavy atom.